The van der Waals surface area contributed by atoms with Crippen molar-refractivity contribution >= 4 is 11.9 Å². The van der Waals surface area contributed by atoms with Crippen LogP contribution in [0.1, 0.15) is 33.6 Å². The summed E-state index contributed by atoms with van der Waals surface area (Å²) in [5.41, 5.74) is -0.615. The van der Waals surface area contributed by atoms with E-state index in [9.17, 15) is 19.8 Å². The highest BCUT2D eigenvalue weighted by Crippen LogP contribution is 2.57. The molecule has 0 unspecified atom stereocenters. The van der Waals surface area contributed by atoms with Crippen LogP contribution in [0.25, 0.3) is 0 Å². The van der Waals surface area contributed by atoms with Crippen molar-refractivity contribution in [1.82, 2.24) is 0 Å². The van der Waals surface area contributed by atoms with Crippen LogP contribution in [0, 0.1) is 23.2 Å². The molecule has 3 aliphatic rings. The Morgan fingerprint density at radius 1 is 1.39 bits per heavy atom. The second-order valence-electron chi connectivity index (χ2n) is 7.44. The smallest absolute Gasteiger partial charge is 0.334 e. The first kappa shape index (κ1) is 16.5. The Morgan fingerprint density at radius 2 is 2.04 bits per heavy atom. The van der Waals surface area contributed by atoms with E-state index in [1.807, 2.05) is 13.8 Å². The topological polar surface area (TPSA) is 93.1 Å². The van der Waals surface area contributed by atoms with Crippen LogP contribution >= 0.6 is 0 Å². The molecule has 2 saturated carbocycles. The number of ether oxygens (including phenoxy) is 2. The Bertz CT molecular complexity index is 557. The van der Waals surface area contributed by atoms with Crippen molar-refractivity contribution < 1.29 is 29.3 Å². The highest BCUT2D eigenvalue weighted by atomic mass is 16.6. The van der Waals surface area contributed by atoms with Crippen molar-refractivity contribution in [2.24, 2.45) is 23.2 Å². The maximum Gasteiger partial charge on any atom is 0.334 e. The van der Waals surface area contributed by atoms with Crippen LogP contribution in [0.2, 0.25) is 0 Å². The molecule has 0 aromatic heterocycles. The molecule has 8 atom stereocenters. The molecule has 0 radical (unpaired) electrons. The lowest BCUT2D eigenvalue weighted by Gasteiger charge is -2.41. The number of aliphatic hydroxyl groups is 2. The number of fused-ring (bicyclic) bond motifs is 2. The van der Waals surface area contributed by atoms with Crippen LogP contribution in [-0.2, 0) is 19.1 Å². The van der Waals surface area contributed by atoms with E-state index in [2.05, 4.69) is 6.58 Å². The Hall–Kier alpha value is -1.40. The minimum absolute atomic E-state index is 0.0184. The second kappa shape index (κ2) is 5.31. The van der Waals surface area contributed by atoms with Gasteiger partial charge in [0.1, 0.15) is 12.2 Å². The van der Waals surface area contributed by atoms with Gasteiger partial charge in [0.15, 0.2) is 0 Å². The third-order valence-electron chi connectivity index (χ3n) is 6.13. The third kappa shape index (κ3) is 2.22. The minimum atomic E-state index is -0.975. The van der Waals surface area contributed by atoms with Gasteiger partial charge < -0.3 is 19.7 Å². The molecule has 2 aliphatic carbocycles. The molecule has 0 aromatic rings. The fourth-order valence-electron chi connectivity index (χ4n) is 5.09. The number of rotatable bonds is 1. The molecule has 1 aliphatic heterocycles. The van der Waals surface area contributed by atoms with E-state index < -0.39 is 47.7 Å². The van der Waals surface area contributed by atoms with Gasteiger partial charge in [-0.15, -0.1) is 0 Å². The van der Waals surface area contributed by atoms with Crippen molar-refractivity contribution in [1.29, 1.82) is 0 Å². The summed E-state index contributed by atoms with van der Waals surface area (Å²) in [7, 11) is 0. The van der Waals surface area contributed by atoms with Gasteiger partial charge >= 0.3 is 11.9 Å². The van der Waals surface area contributed by atoms with Gasteiger partial charge in [0.05, 0.1) is 18.1 Å². The molecular formula is C17H24O6. The molecule has 1 saturated heterocycles. The number of carbonyl (C=O) groups excluding carboxylic acids is 2. The average Bonchev–Trinajstić information content (AvgIpc) is 2.81. The average molecular weight is 324 g/mol. The molecule has 0 bridgehead atoms. The highest BCUT2D eigenvalue weighted by molar-refractivity contribution is 5.91. The molecule has 128 valence electrons. The van der Waals surface area contributed by atoms with Crippen LogP contribution in [-0.4, -0.2) is 46.6 Å². The minimum Gasteiger partial charge on any atom is -0.462 e. The zero-order chi connectivity index (χ0) is 17.1. The largest absolute Gasteiger partial charge is 0.462 e. The summed E-state index contributed by atoms with van der Waals surface area (Å²) in [6, 6.07) is 0. The van der Waals surface area contributed by atoms with E-state index in [0.717, 1.165) is 0 Å². The van der Waals surface area contributed by atoms with Crippen molar-refractivity contribution in [3.63, 3.8) is 0 Å². The second-order valence-corrected chi connectivity index (χ2v) is 7.44. The zero-order valence-electron chi connectivity index (χ0n) is 13.7. The Balaban J connectivity index is 2.02. The normalized spacial score (nSPS) is 49.2. The van der Waals surface area contributed by atoms with E-state index in [-0.39, 0.29) is 17.4 Å². The lowest BCUT2D eigenvalue weighted by atomic mass is 9.67. The molecule has 0 amide bonds. The van der Waals surface area contributed by atoms with Crippen LogP contribution in [0.15, 0.2) is 12.2 Å². The third-order valence-corrected chi connectivity index (χ3v) is 6.13. The summed E-state index contributed by atoms with van der Waals surface area (Å²) in [6.07, 6.45) is -1.83. The monoisotopic (exact) mass is 324 g/mol. The summed E-state index contributed by atoms with van der Waals surface area (Å²) in [5, 5.41) is 21.7. The van der Waals surface area contributed by atoms with Crippen molar-refractivity contribution in [2.45, 2.75) is 58.0 Å². The summed E-state index contributed by atoms with van der Waals surface area (Å²) >= 11 is 0. The number of hydrogen-bond acceptors (Lipinski definition) is 6. The Kier molecular flexibility index (Phi) is 3.80. The lowest BCUT2D eigenvalue weighted by Crippen LogP contribution is -2.49. The van der Waals surface area contributed by atoms with E-state index in [4.69, 9.17) is 9.47 Å². The molecule has 0 spiro atoms. The van der Waals surface area contributed by atoms with Gasteiger partial charge in [-0.25, -0.2) is 4.79 Å². The summed E-state index contributed by atoms with van der Waals surface area (Å²) in [4.78, 5) is 23.2. The summed E-state index contributed by atoms with van der Waals surface area (Å²) in [6.45, 7) is 8.92. The van der Waals surface area contributed by atoms with Gasteiger partial charge in [-0.05, 0) is 12.3 Å². The van der Waals surface area contributed by atoms with E-state index in [1.54, 1.807) is 0 Å². The fraction of sp³-hybridized carbons (Fsp3) is 0.765. The molecular weight excluding hydrogens is 300 g/mol. The molecule has 6 nitrogen and oxygen atoms in total. The van der Waals surface area contributed by atoms with Crippen LogP contribution in [0.5, 0.6) is 0 Å². The molecule has 6 heteroatoms. The van der Waals surface area contributed by atoms with Crippen molar-refractivity contribution in [3.8, 4) is 0 Å². The quantitative estimate of drug-likeness (QED) is 0.547. The molecule has 3 fully saturated rings. The van der Waals surface area contributed by atoms with Crippen LogP contribution < -0.4 is 0 Å². The Labute approximate surface area is 135 Å². The Morgan fingerprint density at radius 3 is 2.65 bits per heavy atom. The first-order valence-corrected chi connectivity index (χ1v) is 8.11. The number of carbonyl (C=O) groups is 2. The van der Waals surface area contributed by atoms with Crippen molar-refractivity contribution in [3.05, 3.63) is 12.2 Å². The first-order chi connectivity index (χ1) is 10.7. The summed E-state index contributed by atoms with van der Waals surface area (Å²) in [5.74, 6) is -1.57. The maximum atomic E-state index is 11.8. The van der Waals surface area contributed by atoms with Gasteiger partial charge in [-0.1, -0.05) is 20.4 Å². The van der Waals surface area contributed by atoms with Gasteiger partial charge in [-0.2, -0.15) is 0 Å². The lowest BCUT2D eigenvalue weighted by molar-refractivity contribution is -0.152. The molecule has 1 heterocycles. The number of esters is 2. The van der Waals surface area contributed by atoms with E-state index >= 15 is 0 Å². The number of aliphatic hydroxyl groups excluding tert-OH is 2. The predicted octanol–water partition coefficient (Wildman–Crippen LogP) is 0.804. The van der Waals surface area contributed by atoms with Crippen molar-refractivity contribution in [2.75, 3.05) is 0 Å². The standard InChI is InChI=1S/C17H24O6/c1-7-5-10-13(8(2)16(21)23-10)15(20)17(4)12(19)6-11(14(7)17)22-9(3)18/h7,10-15,19-20H,2,5-6H2,1,3-4H3/t7-,10+,11-,12+,13-,14-,15+,17-/m1/s1. The van der Waals surface area contributed by atoms with Crippen LogP contribution in [0.3, 0.4) is 0 Å². The maximum absolute atomic E-state index is 11.8. The predicted molar refractivity (Wildman–Crippen MR) is 80.1 cm³/mol. The zero-order valence-corrected chi connectivity index (χ0v) is 13.7. The van der Waals surface area contributed by atoms with E-state index in [0.29, 0.717) is 12.8 Å². The van der Waals surface area contributed by atoms with Crippen LogP contribution in [0.4, 0.5) is 0 Å². The summed E-state index contributed by atoms with van der Waals surface area (Å²) < 4.78 is 10.8. The first-order valence-electron chi connectivity index (χ1n) is 8.11. The number of hydrogen-bond donors (Lipinski definition) is 2. The molecule has 3 rings (SSSR count). The highest BCUT2D eigenvalue weighted by Gasteiger charge is 2.64. The van der Waals surface area contributed by atoms with Gasteiger partial charge in [0.2, 0.25) is 0 Å². The van der Waals surface area contributed by atoms with Gasteiger partial charge in [-0.3, -0.25) is 4.79 Å². The van der Waals surface area contributed by atoms with Gasteiger partial charge in [0, 0.05) is 30.3 Å². The van der Waals surface area contributed by atoms with E-state index in [1.165, 1.54) is 6.92 Å². The molecule has 0 aromatic carbocycles. The SMILES string of the molecule is C=C1C(=O)O[C@H]2C[C@@H](C)[C@@H]3[C@H](OC(C)=O)C[C@H](O)[C@@]3(C)[C@@H](O)[C@H]12. The van der Waals surface area contributed by atoms with Gasteiger partial charge in [0.25, 0.3) is 0 Å². The molecule has 2 N–H and O–H groups in total. The molecule has 23 heavy (non-hydrogen) atoms. The fourth-order valence-corrected chi connectivity index (χ4v) is 5.09.